The quantitative estimate of drug-likeness (QED) is 0.490. The Morgan fingerprint density at radius 1 is 0.909 bits per heavy atom. The predicted octanol–water partition coefficient (Wildman–Crippen LogP) is 0.957. The van der Waals surface area contributed by atoms with Crippen molar-refractivity contribution in [2.45, 2.75) is 26.2 Å². The van der Waals surface area contributed by atoms with Crippen LogP contribution in [-0.2, 0) is 13.7 Å². The molecule has 0 rings (SSSR count). The second kappa shape index (κ2) is 3.42. The fourth-order valence-corrected chi connectivity index (χ4v) is 6.53. The van der Waals surface area contributed by atoms with Crippen LogP contribution < -0.4 is 0 Å². The average molecular weight is 190 g/mol. The minimum absolute atomic E-state index is 0.852. The maximum absolute atomic E-state index is 10.5. The molecule has 11 heavy (non-hydrogen) atoms. The van der Waals surface area contributed by atoms with Crippen LogP contribution in [0.3, 0.4) is 0 Å². The molecular weight excluding hydrogens is 176 g/mol. The topological polar surface area (TPSA) is 43.4 Å². The SMILES string of the molecule is C[Si](C)(C=O)O[Si](C)(C)C=O. The van der Waals surface area contributed by atoms with E-state index in [0.29, 0.717) is 0 Å². The summed E-state index contributed by atoms with van der Waals surface area (Å²) in [7, 11) is -4.37. The lowest BCUT2D eigenvalue weighted by atomic mass is 11.8. The fourth-order valence-electron chi connectivity index (χ4n) is 0.726. The molecule has 0 unspecified atom stereocenters. The van der Waals surface area contributed by atoms with Crippen LogP contribution in [0.15, 0.2) is 0 Å². The standard InChI is InChI=1S/C6H14O3Si2/c1-10(2,5-7)9-11(3,4)6-8/h5-6H,1-4H3. The van der Waals surface area contributed by atoms with Crippen molar-refractivity contribution in [1.29, 1.82) is 0 Å². The van der Waals surface area contributed by atoms with E-state index >= 15 is 0 Å². The molecular formula is C6H14O3Si2. The van der Waals surface area contributed by atoms with Crippen LogP contribution >= 0.6 is 0 Å². The normalized spacial score (nSPS) is 12.7. The van der Waals surface area contributed by atoms with E-state index in [1.165, 1.54) is 0 Å². The van der Waals surface area contributed by atoms with Crippen LogP contribution in [0, 0.1) is 0 Å². The predicted molar refractivity (Wildman–Crippen MR) is 49.6 cm³/mol. The van der Waals surface area contributed by atoms with Crippen molar-refractivity contribution < 1.29 is 13.7 Å². The molecule has 0 radical (unpaired) electrons. The van der Waals surface area contributed by atoms with Crippen molar-refractivity contribution in [3.05, 3.63) is 0 Å². The van der Waals surface area contributed by atoms with Crippen molar-refractivity contribution in [3.63, 3.8) is 0 Å². The van der Waals surface area contributed by atoms with Crippen molar-refractivity contribution in [2.75, 3.05) is 0 Å². The van der Waals surface area contributed by atoms with Gasteiger partial charge in [0.2, 0.25) is 16.6 Å². The summed E-state index contributed by atoms with van der Waals surface area (Å²) in [6.07, 6.45) is 0. The maximum Gasteiger partial charge on any atom is 0.244 e. The van der Waals surface area contributed by atoms with Crippen molar-refractivity contribution in [3.8, 4) is 0 Å². The van der Waals surface area contributed by atoms with Gasteiger partial charge in [-0.3, -0.25) is 0 Å². The van der Waals surface area contributed by atoms with E-state index in [-0.39, 0.29) is 0 Å². The fraction of sp³-hybridized carbons (Fsp3) is 0.667. The van der Waals surface area contributed by atoms with E-state index in [2.05, 4.69) is 0 Å². The smallest absolute Gasteiger partial charge is 0.244 e. The number of carbonyl (C=O) groups excluding carboxylic acids is 2. The Balaban J connectivity index is 4.23. The largest absolute Gasteiger partial charge is 0.446 e. The molecule has 0 saturated carbocycles. The molecule has 64 valence electrons. The molecule has 5 heteroatoms. The first-order valence-electron chi connectivity index (χ1n) is 3.46. The zero-order valence-electron chi connectivity index (χ0n) is 7.38. The number of hydrogen-bond acceptors (Lipinski definition) is 3. The highest BCUT2D eigenvalue weighted by Gasteiger charge is 2.32. The molecule has 0 aliphatic heterocycles. The van der Waals surface area contributed by atoms with Crippen LogP contribution in [-0.4, -0.2) is 28.5 Å². The van der Waals surface area contributed by atoms with Crippen molar-refractivity contribution >= 4 is 28.5 Å². The Bertz CT molecular complexity index is 147. The molecule has 0 aromatic rings. The molecule has 0 heterocycles. The minimum Gasteiger partial charge on any atom is -0.446 e. The van der Waals surface area contributed by atoms with Gasteiger partial charge in [0.05, 0.1) is 0 Å². The molecule has 0 amide bonds. The van der Waals surface area contributed by atoms with Gasteiger partial charge in [0.1, 0.15) is 11.8 Å². The Hall–Kier alpha value is -0.266. The highest BCUT2D eigenvalue weighted by Crippen LogP contribution is 2.09. The summed E-state index contributed by atoms with van der Waals surface area (Å²) < 4.78 is 5.47. The van der Waals surface area contributed by atoms with Gasteiger partial charge in [-0.2, -0.15) is 0 Å². The molecule has 0 atom stereocenters. The number of hydrogen-bond donors (Lipinski definition) is 0. The van der Waals surface area contributed by atoms with Gasteiger partial charge in [-0.1, -0.05) is 0 Å². The van der Waals surface area contributed by atoms with E-state index in [1.807, 2.05) is 0 Å². The first kappa shape index (κ1) is 10.7. The Morgan fingerprint density at radius 2 is 1.18 bits per heavy atom. The average Bonchev–Trinajstić information content (AvgIpc) is 1.86. The van der Waals surface area contributed by atoms with Crippen LogP contribution in [0.2, 0.25) is 26.2 Å². The van der Waals surface area contributed by atoms with Gasteiger partial charge in [-0.05, 0) is 26.2 Å². The molecule has 0 saturated heterocycles. The highest BCUT2D eigenvalue weighted by atomic mass is 28.4. The Kier molecular flexibility index (Phi) is 3.34. The first-order chi connectivity index (χ1) is 4.83. The molecule has 0 fully saturated rings. The van der Waals surface area contributed by atoms with Crippen molar-refractivity contribution in [1.82, 2.24) is 0 Å². The van der Waals surface area contributed by atoms with Gasteiger partial charge in [-0.25, -0.2) is 0 Å². The lowest BCUT2D eigenvalue weighted by molar-refractivity contribution is 0.526. The maximum atomic E-state index is 10.5. The van der Waals surface area contributed by atoms with Crippen molar-refractivity contribution in [2.24, 2.45) is 0 Å². The Morgan fingerprint density at radius 3 is 1.36 bits per heavy atom. The van der Waals surface area contributed by atoms with E-state index in [1.54, 1.807) is 26.2 Å². The molecule has 0 aromatic heterocycles. The Labute approximate surface area is 69.0 Å². The van der Waals surface area contributed by atoms with Gasteiger partial charge in [-0.15, -0.1) is 0 Å². The third-order valence-corrected chi connectivity index (χ3v) is 6.44. The third kappa shape index (κ3) is 4.23. The number of carbonyl (C=O) groups is 2. The third-order valence-electron chi connectivity index (χ3n) is 1.09. The lowest BCUT2D eigenvalue weighted by Gasteiger charge is -2.24. The van der Waals surface area contributed by atoms with Gasteiger partial charge < -0.3 is 13.7 Å². The van der Waals surface area contributed by atoms with Gasteiger partial charge in [0.25, 0.3) is 0 Å². The molecule has 0 aliphatic carbocycles. The van der Waals surface area contributed by atoms with Crippen LogP contribution in [0.25, 0.3) is 0 Å². The monoisotopic (exact) mass is 190 g/mol. The van der Waals surface area contributed by atoms with Gasteiger partial charge in [0.15, 0.2) is 0 Å². The summed E-state index contributed by atoms with van der Waals surface area (Å²) in [6.45, 7) is 7.16. The van der Waals surface area contributed by atoms with Crippen LogP contribution in [0.5, 0.6) is 0 Å². The summed E-state index contributed by atoms with van der Waals surface area (Å²) >= 11 is 0. The van der Waals surface area contributed by atoms with Gasteiger partial charge >= 0.3 is 0 Å². The summed E-state index contributed by atoms with van der Waals surface area (Å²) in [5.74, 6) is 1.70. The molecule has 0 N–H and O–H groups in total. The van der Waals surface area contributed by atoms with E-state index in [9.17, 15) is 9.59 Å². The molecule has 3 nitrogen and oxygen atoms in total. The molecule has 0 aromatic carbocycles. The van der Waals surface area contributed by atoms with Crippen LogP contribution in [0.1, 0.15) is 0 Å². The zero-order valence-corrected chi connectivity index (χ0v) is 9.38. The summed E-state index contributed by atoms with van der Waals surface area (Å²) in [5, 5.41) is 0. The summed E-state index contributed by atoms with van der Waals surface area (Å²) in [4.78, 5) is 20.9. The molecule has 0 aliphatic rings. The van der Waals surface area contributed by atoms with E-state index in [0.717, 1.165) is 11.8 Å². The summed E-state index contributed by atoms with van der Waals surface area (Å²) in [5.41, 5.74) is 0. The van der Waals surface area contributed by atoms with Crippen LogP contribution in [0.4, 0.5) is 0 Å². The first-order valence-corrected chi connectivity index (χ1v) is 9.43. The second-order valence-electron chi connectivity index (χ2n) is 3.54. The lowest BCUT2D eigenvalue weighted by Crippen LogP contribution is -2.47. The number of rotatable bonds is 4. The highest BCUT2D eigenvalue weighted by molar-refractivity contribution is 7.06. The zero-order chi connectivity index (χ0) is 9.12. The molecule has 0 bridgehead atoms. The minimum atomic E-state index is -2.18. The van der Waals surface area contributed by atoms with E-state index < -0.39 is 16.6 Å². The van der Waals surface area contributed by atoms with E-state index in [4.69, 9.17) is 4.12 Å². The summed E-state index contributed by atoms with van der Waals surface area (Å²) in [6, 6.07) is 0. The molecule has 0 spiro atoms. The second-order valence-corrected chi connectivity index (χ2v) is 11.2. The van der Waals surface area contributed by atoms with Gasteiger partial charge in [0, 0.05) is 0 Å².